The van der Waals surface area contributed by atoms with Crippen molar-refractivity contribution in [2.45, 2.75) is 25.2 Å². The lowest BCUT2D eigenvalue weighted by molar-refractivity contribution is 0.401. The minimum atomic E-state index is 0.584. The summed E-state index contributed by atoms with van der Waals surface area (Å²) in [4.78, 5) is 7.87. The van der Waals surface area contributed by atoms with Crippen molar-refractivity contribution < 1.29 is 0 Å². The highest BCUT2D eigenvalue weighted by Crippen LogP contribution is 2.34. The number of hydrogen-bond acceptors (Lipinski definition) is 2. The lowest BCUT2D eigenvalue weighted by Crippen LogP contribution is -2.13. The molecule has 1 aromatic carbocycles. The number of hydrogen-bond donors (Lipinski definition) is 1. The highest BCUT2D eigenvalue weighted by molar-refractivity contribution is 7.71. The van der Waals surface area contributed by atoms with E-state index in [1.165, 1.54) is 24.8 Å². The summed E-state index contributed by atoms with van der Waals surface area (Å²) in [5.41, 5.74) is 2.24. The third-order valence-corrected chi connectivity index (χ3v) is 3.55. The highest BCUT2D eigenvalue weighted by atomic mass is 32.1. The number of rotatable bonds is 2. The number of aromatic nitrogens is 2. The van der Waals surface area contributed by atoms with Gasteiger partial charge in [0.15, 0.2) is 0 Å². The molecule has 3 heteroatoms. The molecule has 3 rings (SSSR count). The van der Waals surface area contributed by atoms with Crippen LogP contribution >= 0.6 is 12.2 Å². The second-order valence-corrected chi connectivity index (χ2v) is 4.93. The van der Waals surface area contributed by atoms with Gasteiger partial charge in [-0.15, -0.1) is 0 Å². The van der Waals surface area contributed by atoms with Gasteiger partial charge in [0.1, 0.15) is 10.5 Å². The number of benzene rings is 1. The number of aromatic amines is 1. The molecule has 1 aliphatic carbocycles. The maximum atomic E-state index is 5.25. The summed E-state index contributed by atoms with van der Waals surface area (Å²) in [7, 11) is 0. The Morgan fingerprint density at radius 2 is 1.94 bits per heavy atom. The monoisotopic (exact) mass is 242 g/mol. The lowest BCUT2D eigenvalue weighted by Gasteiger charge is -2.24. The maximum Gasteiger partial charge on any atom is 0.130 e. The number of nitrogens with one attached hydrogen (secondary N) is 1. The number of nitrogens with zero attached hydrogens (tertiary/aromatic N) is 1. The molecule has 0 atom stereocenters. The minimum absolute atomic E-state index is 0.584. The summed E-state index contributed by atoms with van der Waals surface area (Å²) in [5, 5.41) is 0. The standard InChI is InChI=1S/C14H14N2S/c17-13-9-12(10-5-2-1-3-6-10)15-14(16-13)11-7-4-8-11/h1-3,5-6,9,11H,4,7-8H2,(H,15,16,17). The molecule has 0 bridgehead atoms. The molecule has 0 aliphatic heterocycles. The van der Waals surface area contributed by atoms with E-state index in [2.05, 4.69) is 22.1 Å². The molecule has 2 aromatic rings. The molecule has 1 heterocycles. The molecule has 1 N–H and O–H groups in total. The Morgan fingerprint density at radius 1 is 1.18 bits per heavy atom. The van der Waals surface area contributed by atoms with Crippen molar-refractivity contribution in [3.8, 4) is 11.3 Å². The molecular formula is C14H14N2S. The zero-order chi connectivity index (χ0) is 11.7. The van der Waals surface area contributed by atoms with Crippen molar-refractivity contribution in [1.82, 2.24) is 9.97 Å². The van der Waals surface area contributed by atoms with Gasteiger partial charge in [0.2, 0.25) is 0 Å². The molecule has 2 nitrogen and oxygen atoms in total. The quantitative estimate of drug-likeness (QED) is 0.804. The Labute approximate surface area is 106 Å². The van der Waals surface area contributed by atoms with E-state index in [-0.39, 0.29) is 0 Å². The van der Waals surface area contributed by atoms with E-state index in [1.807, 2.05) is 24.3 Å². The van der Waals surface area contributed by atoms with Gasteiger partial charge in [-0.1, -0.05) is 49.0 Å². The summed E-state index contributed by atoms with van der Waals surface area (Å²) < 4.78 is 0.685. The van der Waals surface area contributed by atoms with Gasteiger partial charge in [0, 0.05) is 11.6 Å². The number of H-pyrrole nitrogens is 1. The van der Waals surface area contributed by atoms with Gasteiger partial charge in [-0.05, 0) is 24.5 Å². The largest absolute Gasteiger partial charge is 0.343 e. The smallest absolute Gasteiger partial charge is 0.130 e. The summed E-state index contributed by atoms with van der Waals surface area (Å²) in [6, 6.07) is 12.2. The molecule has 0 radical (unpaired) electrons. The van der Waals surface area contributed by atoms with Crippen molar-refractivity contribution >= 4 is 12.2 Å². The van der Waals surface area contributed by atoms with Gasteiger partial charge in [-0.25, -0.2) is 4.98 Å². The average molecular weight is 242 g/mol. The van der Waals surface area contributed by atoms with Crippen LogP contribution in [0.1, 0.15) is 31.0 Å². The molecule has 1 aromatic heterocycles. The van der Waals surface area contributed by atoms with Gasteiger partial charge in [0.05, 0.1) is 0 Å². The average Bonchev–Trinajstić information content (AvgIpc) is 2.27. The van der Waals surface area contributed by atoms with Crippen LogP contribution in [0, 0.1) is 4.64 Å². The first kappa shape index (κ1) is 10.7. The zero-order valence-corrected chi connectivity index (χ0v) is 10.3. The van der Waals surface area contributed by atoms with Crippen molar-refractivity contribution in [2.24, 2.45) is 0 Å². The van der Waals surface area contributed by atoms with E-state index < -0.39 is 0 Å². The van der Waals surface area contributed by atoms with Crippen LogP contribution in [-0.2, 0) is 0 Å². The van der Waals surface area contributed by atoms with Crippen LogP contribution < -0.4 is 0 Å². The Bertz CT molecular complexity index is 570. The maximum absolute atomic E-state index is 5.25. The molecule has 1 fully saturated rings. The molecule has 1 aliphatic rings. The fraction of sp³-hybridized carbons (Fsp3) is 0.286. The van der Waals surface area contributed by atoms with Crippen LogP contribution in [0.3, 0.4) is 0 Å². The molecule has 17 heavy (non-hydrogen) atoms. The van der Waals surface area contributed by atoms with E-state index in [1.54, 1.807) is 0 Å². The van der Waals surface area contributed by atoms with Gasteiger partial charge in [-0.2, -0.15) is 0 Å². The van der Waals surface area contributed by atoms with E-state index in [4.69, 9.17) is 12.2 Å². The normalized spacial score (nSPS) is 15.5. The van der Waals surface area contributed by atoms with Gasteiger partial charge in [-0.3, -0.25) is 0 Å². The van der Waals surface area contributed by atoms with Crippen LogP contribution in [-0.4, -0.2) is 9.97 Å². The first-order valence-electron chi connectivity index (χ1n) is 5.99. The van der Waals surface area contributed by atoms with E-state index in [0.29, 0.717) is 10.6 Å². The molecular weight excluding hydrogens is 228 g/mol. The van der Waals surface area contributed by atoms with Crippen LogP contribution in [0.2, 0.25) is 0 Å². The zero-order valence-electron chi connectivity index (χ0n) is 9.52. The van der Waals surface area contributed by atoms with Crippen LogP contribution in [0.4, 0.5) is 0 Å². The second kappa shape index (κ2) is 4.41. The van der Waals surface area contributed by atoms with E-state index in [9.17, 15) is 0 Å². The molecule has 0 amide bonds. The summed E-state index contributed by atoms with van der Waals surface area (Å²) >= 11 is 5.25. The molecule has 0 saturated heterocycles. The summed E-state index contributed by atoms with van der Waals surface area (Å²) in [6.07, 6.45) is 3.77. The Morgan fingerprint density at radius 3 is 2.59 bits per heavy atom. The Hall–Kier alpha value is -1.48. The third kappa shape index (κ3) is 2.15. The summed E-state index contributed by atoms with van der Waals surface area (Å²) in [5.74, 6) is 1.64. The van der Waals surface area contributed by atoms with Gasteiger partial charge < -0.3 is 4.98 Å². The topological polar surface area (TPSA) is 28.7 Å². The predicted molar refractivity (Wildman–Crippen MR) is 71.4 cm³/mol. The van der Waals surface area contributed by atoms with Gasteiger partial charge in [0.25, 0.3) is 0 Å². The molecule has 86 valence electrons. The van der Waals surface area contributed by atoms with E-state index >= 15 is 0 Å². The van der Waals surface area contributed by atoms with E-state index in [0.717, 1.165) is 11.5 Å². The van der Waals surface area contributed by atoms with Crippen molar-refractivity contribution in [3.63, 3.8) is 0 Å². The minimum Gasteiger partial charge on any atom is -0.343 e. The van der Waals surface area contributed by atoms with Crippen LogP contribution in [0.15, 0.2) is 36.4 Å². The lowest BCUT2D eigenvalue weighted by atomic mass is 9.85. The van der Waals surface area contributed by atoms with Gasteiger partial charge >= 0.3 is 0 Å². The van der Waals surface area contributed by atoms with Crippen LogP contribution in [0.25, 0.3) is 11.3 Å². The Balaban J connectivity index is 2.05. The highest BCUT2D eigenvalue weighted by Gasteiger charge is 2.21. The molecule has 0 unspecified atom stereocenters. The van der Waals surface area contributed by atoms with Crippen molar-refractivity contribution in [3.05, 3.63) is 46.9 Å². The SMILES string of the molecule is S=c1cc(-c2ccccc2)[nH]c(C2CCC2)n1. The first-order valence-corrected chi connectivity index (χ1v) is 6.40. The predicted octanol–water partition coefficient (Wildman–Crippen LogP) is 4.07. The van der Waals surface area contributed by atoms with Crippen LogP contribution in [0.5, 0.6) is 0 Å². The fourth-order valence-electron chi connectivity index (χ4n) is 2.12. The molecule has 1 saturated carbocycles. The van der Waals surface area contributed by atoms with Crippen molar-refractivity contribution in [2.75, 3.05) is 0 Å². The first-order chi connectivity index (χ1) is 8.33. The second-order valence-electron chi connectivity index (χ2n) is 4.51. The Kier molecular flexibility index (Phi) is 2.77. The summed E-state index contributed by atoms with van der Waals surface area (Å²) in [6.45, 7) is 0. The third-order valence-electron chi connectivity index (χ3n) is 3.34. The fourth-order valence-corrected chi connectivity index (χ4v) is 2.34. The molecule has 0 spiro atoms. The van der Waals surface area contributed by atoms with Crippen molar-refractivity contribution in [1.29, 1.82) is 0 Å².